The zero-order chi connectivity index (χ0) is 21.9. The molecular formula is C22H28ClN3O3S. The van der Waals surface area contributed by atoms with Gasteiger partial charge in [0.15, 0.2) is 0 Å². The second-order valence-electron chi connectivity index (χ2n) is 7.42. The van der Waals surface area contributed by atoms with Crippen LogP contribution in [-0.4, -0.2) is 68.2 Å². The smallest absolute Gasteiger partial charge is 0.256 e. The van der Waals surface area contributed by atoms with Crippen molar-refractivity contribution >= 4 is 27.5 Å². The first-order valence-electron chi connectivity index (χ1n) is 10.1. The van der Waals surface area contributed by atoms with Crippen molar-refractivity contribution in [1.82, 2.24) is 14.1 Å². The van der Waals surface area contributed by atoms with E-state index in [-0.39, 0.29) is 27.4 Å². The third kappa shape index (κ3) is 4.54. The van der Waals surface area contributed by atoms with Crippen molar-refractivity contribution in [2.24, 2.45) is 0 Å². The number of carbonyl (C=O) groups is 1. The number of hydrogen-bond acceptors (Lipinski definition) is 4. The maximum Gasteiger partial charge on any atom is 0.256 e. The first-order valence-corrected chi connectivity index (χ1v) is 12.0. The van der Waals surface area contributed by atoms with Gasteiger partial charge in [-0.3, -0.25) is 4.79 Å². The van der Waals surface area contributed by atoms with Crippen LogP contribution in [0.5, 0.6) is 0 Å². The maximum absolute atomic E-state index is 13.5. The highest BCUT2D eigenvalue weighted by atomic mass is 35.5. The van der Waals surface area contributed by atoms with E-state index in [9.17, 15) is 13.2 Å². The lowest BCUT2D eigenvalue weighted by Crippen LogP contribution is -2.49. The SMILES string of the molecule is CCN(CC)S(=O)(=O)c1ccc(Cl)c(C(=O)N2CCN(C)CC2c2ccccc2)c1. The van der Waals surface area contributed by atoms with Crippen LogP contribution in [0.1, 0.15) is 35.8 Å². The minimum Gasteiger partial charge on any atom is -0.329 e. The normalized spacial score (nSPS) is 18.0. The summed E-state index contributed by atoms with van der Waals surface area (Å²) in [4.78, 5) is 17.6. The highest BCUT2D eigenvalue weighted by Gasteiger charge is 2.32. The number of benzene rings is 2. The molecule has 1 saturated heterocycles. The van der Waals surface area contributed by atoms with Crippen LogP contribution >= 0.6 is 11.6 Å². The zero-order valence-electron chi connectivity index (χ0n) is 17.6. The molecule has 162 valence electrons. The number of likely N-dealkylation sites (N-methyl/N-ethyl adjacent to an activating group) is 1. The van der Waals surface area contributed by atoms with E-state index in [1.54, 1.807) is 18.7 Å². The molecule has 1 amide bonds. The summed E-state index contributed by atoms with van der Waals surface area (Å²) in [6.07, 6.45) is 0. The van der Waals surface area contributed by atoms with Gasteiger partial charge in [-0.25, -0.2) is 8.42 Å². The fourth-order valence-corrected chi connectivity index (χ4v) is 5.50. The predicted octanol–water partition coefficient (Wildman–Crippen LogP) is 3.50. The summed E-state index contributed by atoms with van der Waals surface area (Å²) >= 11 is 6.36. The second-order valence-corrected chi connectivity index (χ2v) is 9.76. The summed E-state index contributed by atoms with van der Waals surface area (Å²) in [6, 6.07) is 14.1. The van der Waals surface area contributed by atoms with Crippen LogP contribution in [0.15, 0.2) is 53.4 Å². The first kappa shape index (κ1) is 22.7. The Morgan fingerprint density at radius 1 is 1.10 bits per heavy atom. The quantitative estimate of drug-likeness (QED) is 0.677. The summed E-state index contributed by atoms with van der Waals surface area (Å²) in [5, 5.41) is 0.254. The Kier molecular flexibility index (Phi) is 7.18. The molecule has 30 heavy (non-hydrogen) atoms. The average molecular weight is 450 g/mol. The van der Waals surface area contributed by atoms with E-state index >= 15 is 0 Å². The fraction of sp³-hybridized carbons (Fsp3) is 0.409. The highest BCUT2D eigenvalue weighted by molar-refractivity contribution is 7.89. The van der Waals surface area contributed by atoms with Crippen molar-refractivity contribution in [3.8, 4) is 0 Å². The maximum atomic E-state index is 13.5. The molecule has 1 atom stereocenters. The molecule has 1 heterocycles. The Bertz CT molecular complexity index is 994. The van der Waals surface area contributed by atoms with Crippen LogP contribution in [0.2, 0.25) is 5.02 Å². The van der Waals surface area contributed by atoms with Gasteiger partial charge in [-0.05, 0) is 30.8 Å². The number of sulfonamides is 1. The number of nitrogens with zero attached hydrogens (tertiary/aromatic N) is 3. The monoisotopic (exact) mass is 449 g/mol. The summed E-state index contributed by atoms with van der Waals surface area (Å²) < 4.78 is 27.2. The van der Waals surface area contributed by atoms with Gasteiger partial charge in [-0.15, -0.1) is 0 Å². The molecule has 0 aromatic heterocycles. The first-order chi connectivity index (χ1) is 14.3. The van der Waals surface area contributed by atoms with Gasteiger partial charge < -0.3 is 9.80 Å². The zero-order valence-corrected chi connectivity index (χ0v) is 19.2. The van der Waals surface area contributed by atoms with Crippen LogP contribution in [0.3, 0.4) is 0 Å². The van der Waals surface area contributed by atoms with Crippen molar-refractivity contribution in [3.05, 3.63) is 64.7 Å². The van der Waals surface area contributed by atoms with Gasteiger partial charge in [-0.2, -0.15) is 4.31 Å². The molecule has 0 radical (unpaired) electrons. The molecule has 0 aliphatic carbocycles. The molecule has 6 nitrogen and oxygen atoms in total. The lowest BCUT2D eigenvalue weighted by Gasteiger charge is -2.40. The predicted molar refractivity (Wildman–Crippen MR) is 119 cm³/mol. The molecule has 0 spiro atoms. The van der Waals surface area contributed by atoms with Crippen LogP contribution < -0.4 is 0 Å². The molecule has 0 N–H and O–H groups in total. The van der Waals surface area contributed by atoms with Gasteiger partial charge in [0.2, 0.25) is 10.0 Å². The van der Waals surface area contributed by atoms with Gasteiger partial charge in [-0.1, -0.05) is 55.8 Å². The Hall–Kier alpha value is -1.93. The van der Waals surface area contributed by atoms with Crippen LogP contribution in [0, 0.1) is 0 Å². The summed E-state index contributed by atoms with van der Waals surface area (Å²) in [6.45, 7) is 6.28. The minimum absolute atomic E-state index is 0.0874. The van der Waals surface area contributed by atoms with Crippen molar-refractivity contribution in [2.75, 3.05) is 39.8 Å². The lowest BCUT2D eigenvalue weighted by atomic mass is 10.0. The Morgan fingerprint density at radius 3 is 2.40 bits per heavy atom. The number of halogens is 1. The summed E-state index contributed by atoms with van der Waals surface area (Å²) in [7, 11) is -1.65. The highest BCUT2D eigenvalue weighted by Crippen LogP contribution is 2.30. The van der Waals surface area contributed by atoms with Gasteiger partial charge in [0.05, 0.1) is 21.5 Å². The van der Waals surface area contributed by atoms with Crippen LogP contribution in [0.4, 0.5) is 0 Å². The third-order valence-corrected chi connectivity index (χ3v) is 7.92. The Balaban J connectivity index is 1.99. The molecular weight excluding hydrogens is 422 g/mol. The lowest BCUT2D eigenvalue weighted by molar-refractivity contribution is 0.0498. The number of piperazine rings is 1. The van der Waals surface area contributed by atoms with E-state index in [4.69, 9.17) is 11.6 Å². The molecule has 1 fully saturated rings. The molecule has 1 unspecified atom stereocenters. The largest absolute Gasteiger partial charge is 0.329 e. The molecule has 3 rings (SSSR count). The molecule has 2 aromatic carbocycles. The molecule has 0 bridgehead atoms. The number of hydrogen-bond donors (Lipinski definition) is 0. The van der Waals surface area contributed by atoms with E-state index in [0.29, 0.717) is 26.2 Å². The third-order valence-electron chi connectivity index (χ3n) is 5.54. The van der Waals surface area contributed by atoms with Gasteiger partial charge >= 0.3 is 0 Å². The van der Waals surface area contributed by atoms with E-state index in [1.807, 2.05) is 37.4 Å². The van der Waals surface area contributed by atoms with E-state index < -0.39 is 10.0 Å². The minimum atomic E-state index is -3.68. The summed E-state index contributed by atoms with van der Waals surface area (Å²) in [5.41, 5.74) is 1.26. The van der Waals surface area contributed by atoms with Crippen molar-refractivity contribution < 1.29 is 13.2 Å². The molecule has 1 aliphatic heterocycles. The van der Waals surface area contributed by atoms with Gasteiger partial charge in [0.1, 0.15) is 0 Å². The topological polar surface area (TPSA) is 60.9 Å². The molecule has 8 heteroatoms. The number of amides is 1. The van der Waals surface area contributed by atoms with Crippen molar-refractivity contribution in [1.29, 1.82) is 0 Å². The van der Waals surface area contributed by atoms with E-state index in [0.717, 1.165) is 12.1 Å². The van der Waals surface area contributed by atoms with Crippen LogP contribution in [0.25, 0.3) is 0 Å². The summed E-state index contributed by atoms with van der Waals surface area (Å²) in [5.74, 6) is -0.251. The van der Waals surface area contributed by atoms with Crippen molar-refractivity contribution in [2.45, 2.75) is 24.8 Å². The van der Waals surface area contributed by atoms with E-state index in [1.165, 1.54) is 22.5 Å². The van der Waals surface area contributed by atoms with Crippen LogP contribution in [-0.2, 0) is 10.0 Å². The number of carbonyl (C=O) groups excluding carboxylic acids is 1. The Morgan fingerprint density at radius 2 is 1.77 bits per heavy atom. The van der Waals surface area contributed by atoms with Gasteiger partial charge in [0.25, 0.3) is 5.91 Å². The standard InChI is InChI=1S/C22H28ClN3O3S/c1-4-25(5-2)30(28,29)18-11-12-20(23)19(15-18)22(27)26-14-13-24(3)16-21(26)17-9-7-6-8-10-17/h6-12,15,21H,4-5,13-14,16H2,1-3H3. The number of rotatable bonds is 6. The second kappa shape index (κ2) is 9.47. The fourth-order valence-electron chi connectivity index (χ4n) is 3.82. The van der Waals surface area contributed by atoms with Gasteiger partial charge in [0, 0.05) is 32.7 Å². The molecule has 2 aromatic rings. The average Bonchev–Trinajstić information content (AvgIpc) is 2.74. The Labute approximate surface area is 184 Å². The van der Waals surface area contributed by atoms with Crippen molar-refractivity contribution in [3.63, 3.8) is 0 Å². The van der Waals surface area contributed by atoms with E-state index in [2.05, 4.69) is 4.90 Å². The molecule has 1 aliphatic rings. The molecule has 0 saturated carbocycles.